The zero-order chi connectivity index (χ0) is 12.8. The van der Waals surface area contributed by atoms with Crippen molar-refractivity contribution in [3.8, 4) is 0 Å². The van der Waals surface area contributed by atoms with E-state index in [1.54, 1.807) is 20.8 Å². The summed E-state index contributed by atoms with van der Waals surface area (Å²) in [4.78, 5) is 11.8. The lowest BCUT2D eigenvalue weighted by Gasteiger charge is -2.26. The zero-order valence-electron chi connectivity index (χ0n) is 10.1. The highest BCUT2D eigenvalue weighted by Crippen LogP contribution is 2.42. The summed E-state index contributed by atoms with van der Waals surface area (Å²) >= 11 is 0. The van der Waals surface area contributed by atoms with Gasteiger partial charge in [0.05, 0.1) is 5.54 Å². The summed E-state index contributed by atoms with van der Waals surface area (Å²) in [6, 6.07) is 3.74. The van der Waals surface area contributed by atoms with Crippen molar-refractivity contribution in [3.05, 3.63) is 35.4 Å². The normalized spacial score (nSPS) is 27.0. The lowest BCUT2D eigenvalue weighted by atomic mass is 9.80. The fourth-order valence-electron chi connectivity index (χ4n) is 2.60. The van der Waals surface area contributed by atoms with Gasteiger partial charge in [-0.15, -0.1) is 0 Å². The summed E-state index contributed by atoms with van der Waals surface area (Å²) in [6.45, 7) is 5.19. The van der Waals surface area contributed by atoms with Gasteiger partial charge in [0.15, 0.2) is 0 Å². The standard InChI is InChI=1S/C13H15F2NO/c1-12(2)7-13(3,16-11(12)17)10-8(14)5-4-6-9(10)15/h4-6H,7H2,1-3H3,(H,16,17). The van der Waals surface area contributed by atoms with E-state index in [-0.39, 0.29) is 11.5 Å². The smallest absolute Gasteiger partial charge is 0.226 e. The van der Waals surface area contributed by atoms with Crippen LogP contribution >= 0.6 is 0 Å². The van der Waals surface area contributed by atoms with Gasteiger partial charge in [0.2, 0.25) is 5.91 Å². The van der Waals surface area contributed by atoms with Crippen LogP contribution in [0.15, 0.2) is 18.2 Å². The number of benzene rings is 1. The summed E-state index contributed by atoms with van der Waals surface area (Å²) in [5, 5.41) is 2.70. The van der Waals surface area contributed by atoms with Crippen LogP contribution in [0.1, 0.15) is 32.8 Å². The Morgan fingerprint density at radius 2 is 1.71 bits per heavy atom. The van der Waals surface area contributed by atoms with E-state index < -0.39 is 22.6 Å². The van der Waals surface area contributed by atoms with Crippen LogP contribution in [0.4, 0.5) is 8.78 Å². The molecule has 0 saturated carbocycles. The highest BCUT2D eigenvalue weighted by Gasteiger charge is 2.49. The largest absolute Gasteiger partial charge is 0.346 e. The zero-order valence-corrected chi connectivity index (χ0v) is 10.1. The monoisotopic (exact) mass is 239 g/mol. The van der Waals surface area contributed by atoms with Crippen LogP contribution in [0.25, 0.3) is 0 Å². The molecule has 1 aliphatic heterocycles. The average molecular weight is 239 g/mol. The van der Waals surface area contributed by atoms with Gasteiger partial charge in [-0.25, -0.2) is 8.78 Å². The Morgan fingerprint density at radius 1 is 1.18 bits per heavy atom. The van der Waals surface area contributed by atoms with Crippen molar-refractivity contribution in [3.63, 3.8) is 0 Å². The minimum Gasteiger partial charge on any atom is -0.346 e. The molecule has 0 bridgehead atoms. The van der Waals surface area contributed by atoms with Gasteiger partial charge in [-0.3, -0.25) is 4.79 Å². The molecule has 2 rings (SSSR count). The van der Waals surface area contributed by atoms with Gasteiger partial charge >= 0.3 is 0 Å². The van der Waals surface area contributed by atoms with Crippen LogP contribution in [0.5, 0.6) is 0 Å². The van der Waals surface area contributed by atoms with Gasteiger partial charge in [0.1, 0.15) is 11.6 Å². The van der Waals surface area contributed by atoms with Crippen LogP contribution in [0.3, 0.4) is 0 Å². The van der Waals surface area contributed by atoms with Crippen molar-refractivity contribution >= 4 is 5.91 Å². The van der Waals surface area contributed by atoms with Crippen LogP contribution in [0.2, 0.25) is 0 Å². The highest BCUT2D eigenvalue weighted by atomic mass is 19.1. The maximum atomic E-state index is 13.7. The number of hydrogen-bond acceptors (Lipinski definition) is 1. The Bertz CT molecular complexity index is 464. The van der Waals surface area contributed by atoms with Gasteiger partial charge in [-0.1, -0.05) is 19.9 Å². The van der Waals surface area contributed by atoms with Crippen molar-refractivity contribution in [2.45, 2.75) is 32.7 Å². The van der Waals surface area contributed by atoms with E-state index in [0.29, 0.717) is 6.42 Å². The number of amides is 1. The molecule has 92 valence electrons. The first-order valence-electron chi connectivity index (χ1n) is 5.53. The molecular weight excluding hydrogens is 224 g/mol. The Balaban J connectivity index is 2.51. The number of carbonyl (C=O) groups excluding carboxylic acids is 1. The third kappa shape index (κ3) is 1.81. The third-order valence-corrected chi connectivity index (χ3v) is 3.31. The van der Waals surface area contributed by atoms with Crippen LogP contribution in [-0.4, -0.2) is 5.91 Å². The van der Waals surface area contributed by atoms with E-state index in [1.807, 2.05) is 0 Å². The van der Waals surface area contributed by atoms with E-state index in [9.17, 15) is 13.6 Å². The Kier molecular flexibility index (Phi) is 2.49. The Hall–Kier alpha value is -1.45. The topological polar surface area (TPSA) is 29.1 Å². The molecule has 0 aromatic heterocycles. The van der Waals surface area contributed by atoms with Crippen molar-refractivity contribution in [2.75, 3.05) is 0 Å². The SMILES string of the molecule is CC1(C)CC(C)(c2c(F)cccc2F)NC1=O. The van der Waals surface area contributed by atoms with Gasteiger partial charge < -0.3 is 5.32 Å². The molecule has 1 atom stereocenters. The fourth-order valence-corrected chi connectivity index (χ4v) is 2.60. The number of rotatable bonds is 1. The van der Waals surface area contributed by atoms with Crippen molar-refractivity contribution in [2.24, 2.45) is 5.41 Å². The van der Waals surface area contributed by atoms with E-state index in [0.717, 1.165) is 0 Å². The summed E-state index contributed by atoms with van der Waals surface area (Å²) in [7, 11) is 0. The second-order valence-corrected chi connectivity index (χ2v) is 5.44. The molecule has 0 aliphatic carbocycles. The number of hydrogen-bond donors (Lipinski definition) is 1. The predicted molar refractivity (Wildman–Crippen MR) is 60.3 cm³/mol. The number of nitrogens with one attached hydrogen (secondary N) is 1. The molecule has 1 aromatic carbocycles. The van der Waals surface area contributed by atoms with Crippen LogP contribution in [-0.2, 0) is 10.3 Å². The Labute approximate surface area is 99.0 Å². The first-order valence-corrected chi connectivity index (χ1v) is 5.53. The first kappa shape index (κ1) is 12.0. The predicted octanol–water partition coefficient (Wildman–Crippen LogP) is 2.73. The maximum absolute atomic E-state index is 13.7. The quantitative estimate of drug-likeness (QED) is 0.802. The number of halogens is 2. The van der Waals surface area contributed by atoms with Crippen molar-refractivity contribution < 1.29 is 13.6 Å². The molecule has 1 amide bonds. The molecule has 1 saturated heterocycles. The average Bonchev–Trinajstić information content (AvgIpc) is 2.35. The van der Waals surface area contributed by atoms with Gasteiger partial charge in [-0.2, -0.15) is 0 Å². The van der Waals surface area contributed by atoms with Gasteiger partial charge in [0, 0.05) is 11.0 Å². The molecule has 1 N–H and O–H groups in total. The maximum Gasteiger partial charge on any atom is 0.226 e. The first-order chi connectivity index (χ1) is 7.76. The van der Waals surface area contributed by atoms with Gasteiger partial charge in [0.25, 0.3) is 0 Å². The third-order valence-electron chi connectivity index (χ3n) is 3.31. The van der Waals surface area contributed by atoms with Gasteiger partial charge in [-0.05, 0) is 25.5 Å². The van der Waals surface area contributed by atoms with E-state index in [2.05, 4.69) is 5.32 Å². The molecule has 1 heterocycles. The second kappa shape index (κ2) is 3.52. The molecule has 0 radical (unpaired) electrons. The summed E-state index contributed by atoms with van der Waals surface area (Å²) < 4.78 is 27.5. The Morgan fingerprint density at radius 3 is 2.12 bits per heavy atom. The van der Waals surface area contributed by atoms with Crippen LogP contribution < -0.4 is 5.32 Å². The summed E-state index contributed by atoms with van der Waals surface area (Å²) in [5.74, 6) is -1.42. The highest BCUT2D eigenvalue weighted by molar-refractivity contribution is 5.85. The summed E-state index contributed by atoms with van der Waals surface area (Å²) in [5.41, 5.74) is -1.64. The van der Waals surface area contributed by atoms with E-state index >= 15 is 0 Å². The molecule has 1 unspecified atom stereocenters. The van der Waals surface area contributed by atoms with Crippen molar-refractivity contribution in [1.29, 1.82) is 0 Å². The molecule has 0 spiro atoms. The lowest BCUT2D eigenvalue weighted by molar-refractivity contribution is -0.126. The second-order valence-electron chi connectivity index (χ2n) is 5.44. The number of carbonyl (C=O) groups is 1. The molecule has 2 nitrogen and oxygen atoms in total. The van der Waals surface area contributed by atoms with E-state index in [1.165, 1.54) is 18.2 Å². The molecule has 1 fully saturated rings. The minimum absolute atomic E-state index is 0.0566. The van der Waals surface area contributed by atoms with Crippen molar-refractivity contribution in [1.82, 2.24) is 5.32 Å². The molecule has 1 aliphatic rings. The van der Waals surface area contributed by atoms with E-state index in [4.69, 9.17) is 0 Å². The fraction of sp³-hybridized carbons (Fsp3) is 0.462. The minimum atomic E-state index is -0.976. The lowest BCUT2D eigenvalue weighted by Crippen LogP contribution is -2.37. The molecule has 17 heavy (non-hydrogen) atoms. The molecule has 1 aromatic rings. The van der Waals surface area contributed by atoms with Crippen LogP contribution in [0, 0.1) is 17.0 Å². The molecule has 4 heteroatoms. The molecular formula is C13H15F2NO. The summed E-state index contributed by atoms with van der Waals surface area (Å²) in [6.07, 6.45) is 0.372.